The molecule has 0 spiro atoms. The lowest BCUT2D eigenvalue weighted by molar-refractivity contribution is 0.734. The van der Waals surface area contributed by atoms with E-state index in [1.54, 1.807) is 0 Å². The summed E-state index contributed by atoms with van der Waals surface area (Å²) in [5, 5.41) is 0. The molecule has 10 aromatic rings. The maximum atomic E-state index is 5.10. The second kappa shape index (κ2) is 31.3. The largest absolute Gasteiger partial charge is 0.115 e. The highest BCUT2D eigenvalue weighted by atomic mass is 14.2. The van der Waals surface area contributed by atoms with Crippen LogP contribution in [0, 0.1) is 47.0 Å². The van der Waals surface area contributed by atoms with E-state index in [0.717, 1.165) is 24.8 Å². The quantitative estimate of drug-likeness (QED) is 0.120. The van der Waals surface area contributed by atoms with Crippen molar-refractivity contribution in [3.63, 3.8) is 0 Å². The van der Waals surface area contributed by atoms with Crippen molar-refractivity contribution in [3.05, 3.63) is 317 Å². The van der Waals surface area contributed by atoms with E-state index in [-0.39, 0.29) is 0 Å². The number of hydrogen-bond donors (Lipinski definition) is 0. The summed E-state index contributed by atoms with van der Waals surface area (Å²) in [5.74, 6) is 3.72. The van der Waals surface area contributed by atoms with Crippen LogP contribution in [0.3, 0.4) is 0 Å². The summed E-state index contributed by atoms with van der Waals surface area (Å²) in [4.78, 5) is 0. The van der Waals surface area contributed by atoms with Gasteiger partial charge in [-0.1, -0.05) is 292 Å². The summed E-state index contributed by atoms with van der Waals surface area (Å²) in [7, 11) is 0. The molecule has 2 atom stereocenters. The van der Waals surface area contributed by atoms with Gasteiger partial charge in [-0.3, -0.25) is 0 Å². The zero-order chi connectivity index (χ0) is 58.2. The van der Waals surface area contributed by atoms with E-state index in [0.29, 0.717) is 11.8 Å². The van der Waals surface area contributed by atoms with Crippen molar-refractivity contribution in [2.75, 3.05) is 0 Å². The molecule has 0 saturated heterocycles. The zero-order valence-corrected chi connectivity index (χ0v) is 50.4. The van der Waals surface area contributed by atoms with E-state index in [4.69, 9.17) is 6.42 Å². The van der Waals surface area contributed by atoms with Crippen LogP contribution in [0.4, 0.5) is 0 Å². The molecule has 82 heavy (non-hydrogen) atoms. The Balaban J connectivity index is 0.000000160. The minimum Gasteiger partial charge on any atom is -0.115 e. The summed E-state index contributed by atoms with van der Waals surface area (Å²) in [5.41, 5.74) is 27.7. The second-order valence-corrected chi connectivity index (χ2v) is 21.9. The Morgan fingerprint density at radius 2 is 0.817 bits per heavy atom. The Morgan fingerprint density at radius 1 is 0.378 bits per heavy atom. The molecule has 1 aliphatic carbocycles. The van der Waals surface area contributed by atoms with Crippen molar-refractivity contribution >= 4 is 5.57 Å². The molecule has 0 aliphatic heterocycles. The Kier molecular flexibility index (Phi) is 23.2. The van der Waals surface area contributed by atoms with Gasteiger partial charge in [-0.15, -0.1) is 6.42 Å². The minimum atomic E-state index is 0.539. The van der Waals surface area contributed by atoms with Crippen molar-refractivity contribution in [2.45, 2.75) is 107 Å². The smallest absolute Gasteiger partial charge is 0.0242 e. The van der Waals surface area contributed by atoms with Gasteiger partial charge >= 0.3 is 0 Å². The van der Waals surface area contributed by atoms with E-state index in [1.807, 2.05) is 36.4 Å². The molecule has 0 heteroatoms. The molecule has 0 fully saturated rings. The van der Waals surface area contributed by atoms with Gasteiger partial charge in [0.15, 0.2) is 0 Å². The van der Waals surface area contributed by atoms with Gasteiger partial charge in [0, 0.05) is 5.56 Å². The number of hydrogen-bond acceptors (Lipinski definition) is 0. The van der Waals surface area contributed by atoms with Gasteiger partial charge in [0.05, 0.1) is 0 Å². The van der Waals surface area contributed by atoms with Gasteiger partial charge in [0.25, 0.3) is 0 Å². The number of aryl methyl sites for hydroxylation is 5. The molecular formula is C82H84. The van der Waals surface area contributed by atoms with Crippen molar-refractivity contribution in [2.24, 2.45) is 0 Å². The van der Waals surface area contributed by atoms with Crippen LogP contribution in [-0.4, -0.2) is 0 Å². The maximum Gasteiger partial charge on any atom is 0.0242 e. The standard InChI is InChI=1S/C31H34.C16H18.C14H14.C13H12.C8H6/c1-6-21(2)29-18-17-26(20-31(29)28-14-10-8-12-23(28)4)25-16-15-24(5)30(19-25)27-13-9-7-11-22(27)3;1-3-13(2)14-9-11-16(12-10-14)15-7-5-4-6-8-15;1-11-6-8-13(9-7-11)14-5-3-4-12(2)10-14;1-11-7-9-13(10-8-11)12-5-3-2-4-6-12;1-2-8-6-4-3-5-7-8/h8-10,12-21H,6-7,11H2,1-5H3;4-13H,3H2,1-2H3;3-10H,1-2H3;2-10H,1H3;1,3-7H. The fraction of sp³-hybridized carbons (Fsp3) is 0.195. The lowest BCUT2D eigenvalue weighted by Crippen LogP contribution is -1.98. The zero-order valence-electron chi connectivity index (χ0n) is 50.4. The normalized spacial score (nSPS) is 12.1. The first kappa shape index (κ1) is 60.9. The Labute approximate surface area is 494 Å². The van der Waals surface area contributed by atoms with Crippen LogP contribution < -0.4 is 0 Å². The summed E-state index contributed by atoms with van der Waals surface area (Å²) in [6.07, 6.45) is 14.4. The monoisotopic (exact) mass is 1070 g/mol. The predicted molar refractivity (Wildman–Crippen MR) is 359 cm³/mol. The third-order valence-corrected chi connectivity index (χ3v) is 15.6. The van der Waals surface area contributed by atoms with E-state index >= 15 is 0 Å². The van der Waals surface area contributed by atoms with E-state index in [9.17, 15) is 0 Å². The maximum absolute atomic E-state index is 5.10. The van der Waals surface area contributed by atoms with Crippen molar-refractivity contribution in [3.8, 4) is 68.0 Å². The predicted octanol–water partition coefficient (Wildman–Crippen LogP) is 23.4. The lowest BCUT2D eigenvalue weighted by atomic mass is 9.85. The van der Waals surface area contributed by atoms with E-state index < -0.39 is 0 Å². The number of allylic oxidation sites excluding steroid dienone is 4. The molecule has 2 unspecified atom stereocenters. The molecule has 10 aromatic carbocycles. The van der Waals surface area contributed by atoms with E-state index in [1.165, 1.54) is 118 Å². The Hall–Kier alpha value is -8.76. The highest BCUT2D eigenvalue weighted by Crippen LogP contribution is 2.38. The van der Waals surface area contributed by atoms with Crippen LogP contribution in [0.15, 0.2) is 266 Å². The van der Waals surface area contributed by atoms with Gasteiger partial charge in [-0.05, 0) is 192 Å². The molecule has 412 valence electrons. The Bertz CT molecular complexity index is 3640. The first-order valence-electron chi connectivity index (χ1n) is 29.5. The fourth-order valence-electron chi connectivity index (χ4n) is 10.0. The molecule has 0 amide bonds. The summed E-state index contributed by atoms with van der Waals surface area (Å²) < 4.78 is 0. The third kappa shape index (κ3) is 17.6. The molecule has 0 radical (unpaired) electrons. The highest BCUT2D eigenvalue weighted by Gasteiger charge is 2.16. The molecule has 0 heterocycles. The third-order valence-electron chi connectivity index (χ3n) is 15.6. The average Bonchev–Trinajstić information content (AvgIpc) is 3.69. The summed E-state index contributed by atoms with van der Waals surface area (Å²) >= 11 is 0. The molecule has 0 bridgehead atoms. The van der Waals surface area contributed by atoms with Crippen LogP contribution in [0.5, 0.6) is 0 Å². The van der Waals surface area contributed by atoms with Crippen LogP contribution >= 0.6 is 0 Å². The minimum absolute atomic E-state index is 0.539. The number of rotatable bonds is 10. The summed E-state index contributed by atoms with van der Waals surface area (Å²) in [6, 6.07) is 88.1. The second-order valence-electron chi connectivity index (χ2n) is 21.9. The highest BCUT2D eigenvalue weighted by molar-refractivity contribution is 5.84. The van der Waals surface area contributed by atoms with Crippen molar-refractivity contribution < 1.29 is 0 Å². The molecule has 11 rings (SSSR count). The molecule has 1 aliphatic rings. The fourth-order valence-corrected chi connectivity index (χ4v) is 10.0. The van der Waals surface area contributed by atoms with Gasteiger partial charge < -0.3 is 0 Å². The van der Waals surface area contributed by atoms with Gasteiger partial charge in [0.1, 0.15) is 0 Å². The number of terminal acetylenes is 1. The number of benzene rings is 10. The van der Waals surface area contributed by atoms with Crippen molar-refractivity contribution in [1.29, 1.82) is 0 Å². The molecule has 0 aromatic heterocycles. The van der Waals surface area contributed by atoms with Crippen LogP contribution in [0.2, 0.25) is 0 Å². The van der Waals surface area contributed by atoms with Crippen LogP contribution in [0.25, 0.3) is 61.2 Å². The van der Waals surface area contributed by atoms with Gasteiger partial charge in [-0.25, -0.2) is 0 Å². The van der Waals surface area contributed by atoms with Crippen LogP contribution in [-0.2, 0) is 0 Å². The van der Waals surface area contributed by atoms with Crippen molar-refractivity contribution in [1.82, 2.24) is 0 Å². The van der Waals surface area contributed by atoms with Crippen LogP contribution in [0.1, 0.15) is 122 Å². The van der Waals surface area contributed by atoms with Gasteiger partial charge in [-0.2, -0.15) is 0 Å². The molecular weight excluding hydrogens is 985 g/mol. The Morgan fingerprint density at radius 3 is 1.33 bits per heavy atom. The molecule has 0 saturated carbocycles. The van der Waals surface area contributed by atoms with Gasteiger partial charge in [0.2, 0.25) is 0 Å². The SMILES string of the molecule is C#Cc1ccccc1.CCC(C)c1ccc(-c2ccc(C)c(C3=C(C)CCC=C3)c2)cc1-c1ccccc1C.CCC(C)c1ccc(-c2ccccc2)cc1.Cc1ccc(-c2cccc(C)c2)cc1.Cc1ccc(-c2ccccc2)cc1. The first-order valence-corrected chi connectivity index (χ1v) is 29.5. The van der Waals surface area contributed by atoms with E-state index in [2.05, 4.69) is 300 Å². The first-order chi connectivity index (χ1) is 39.8. The summed E-state index contributed by atoms with van der Waals surface area (Å²) in [6.45, 7) is 22.2. The molecule has 0 N–H and O–H groups in total. The average molecular weight is 1070 g/mol. The topological polar surface area (TPSA) is 0 Å². The lowest BCUT2D eigenvalue weighted by Gasteiger charge is -2.19. The molecule has 0 nitrogen and oxygen atoms in total.